The van der Waals surface area contributed by atoms with Gasteiger partial charge in [0.05, 0.1) is 6.04 Å². The largest absolute Gasteiger partial charge is 0.477 e. The molecule has 1 aromatic heterocycles. The molecule has 0 spiro atoms. The number of hydrogen-bond donors (Lipinski definition) is 2. The number of carboxylic acids is 1. The third-order valence-electron chi connectivity index (χ3n) is 2.90. The third kappa shape index (κ3) is 2.47. The lowest BCUT2D eigenvalue weighted by Gasteiger charge is -2.15. The first-order valence-corrected chi connectivity index (χ1v) is 5.64. The maximum absolute atomic E-state index is 11.7. The van der Waals surface area contributed by atoms with Gasteiger partial charge in [0.2, 0.25) is 0 Å². The number of nitrogens with one attached hydrogen (secondary N) is 1. The Morgan fingerprint density at radius 3 is 2.47 bits per heavy atom. The molecule has 2 N–H and O–H groups in total. The van der Waals surface area contributed by atoms with Crippen LogP contribution in [0.1, 0.15) is 28.9 Å². The summed E-state index contributed by atoms with van der Waals surface area (Å²) in [4.78, 5) is 36.0. The standard InChI is InChI=1S/C13H12N2O4/c1-8(9-5-3-2-4-6-9)15-7-10(12(17)18)11(16)14-13(15)19/h2-8H,1H3,(H,17,18)(H,14,16,19). The van der Waals surface area contributed by atoms with Crippen molar-refractivity contribution < 1.29 is 9.90 Å². The van der Waals surface area contributed by atoms with E-state index in [4.69, 9.17) is 5.11 Å². The maximum atomic E-state index is 11.7. The minimum Gasteiger partial charge on any atom is -0.477 e. The van der Waals surface area contributed by atoms with Crippen LogP contribution in [0.2, 0.25) is 0 Å². The zero-order valence-electron chi connectivity index (χ0n) is 10.2. The summed E-state index contributed by atoms with van der Waals surface area (Å²) in [6.45, 7) is 1.75. The molecule has 0 saturated carbocycles. The Morgan fingerprint density at radius 2 is 1.89 bits per heavy atom. The lowest BCUT2D eigenvalue weighted by Crippen LogP contribution is -2.34. The molecule has 0 amide bonds. The molecule has 1 aromatic carbocycles. The molecule has 19 heavy (non-hydrogen) atoms. The number of rotatable bonds is 3. The van der Waals surface area contributed by atoms with Crippen molar-refractivity contribution in [3.63, 3.8) is 0 Å². The number of carbonyl (C=O) groups is 1. The molecule has 0 radical (unpaired) electrons. The molecule has 2 rings (SSSR count). The van der Waals surface area contributed by atoms with E-state index in [2.05, 4.69) is 0 Å². The van der Waals surface area contributed by atoms with E-state index >= 15 is 0 Å². The van der Waals surface area contributed by atoms with E-state index in [9.17, 15) is 14.4 Å². The molecule has 0 aliphatic rings. The second-order valence-electron chi connectivity index (χ2n) is 4.10. The summed E-state index contributed by atoms with van der Waals surface area (Å²) in [7, 11) is 0. The van der Waals surface area contributed by atoms with Crippen LogP contribution in [-0.4, -0.2) is 20.6 Å². The van der Waals surface area contributed by atoms with Crippen molar-refractivity contribution in [1.29, 1.82) is 0 Å². The van der Waals surface area contributed by atoms with Crippen molar-refractivity contribution in [2.24, 2.45) is 0 Å². The van der Waals surface area contributed by atoms with Gasteiger partial charge in [-0.15, -0.1) is 0 Å². The van der Waals surface area contributed by atoms with Gasteiger partial charge in [0.25, 0.3) is 5.56 Å². The quantitative estimate of drug-likeness (QED) is 0.855. The van der Waals surface area contributed by atoms with Gasteiger partial charge in [0.15, 0.2) is 0 Å². The Balaban J connectivity index is 2.57. The first kappa shape index (κ1) is 12.8. The van der Waals surface area contributed by atoms with Gasteiger partial charge in [0, 0.05) is 6.20 Å². The van der Waals surface area contributed by atoms with E-state index in [0.29, 0.717) is 0 Å². The van der Waals surface area contributed by atoms with E-state index in [1.54, 1.807) is 6.92 Å². The fourth-order valence-electron chi connectivity index (χ4n) is 1.82. The van der Waals surface area contributed by atoms with Crippen LogP contribution in [0.3, 0.4) is 0 Å². The molecule has 2 aromatic rings. The third-order valence-corrected chi connectivity index (χ3v) is 2.90. The predicted octanol–water partition coefficient (Wildman–Crippen LogP) is 0.844. The van der Waals surface area contributed by atoms with Crippen LogP contribution in [0.15, 0.2) is 46.1 Å². The number of hydrogen-bond acceptors (Lipinski definition) is 3. The molecular weight excluding hydrogens is 248 g/mol. The van der Waals surface area contributed by atoms with E-state index in [1.807, 2.05) is 35.3 Å². The molecule has 98 valence electrons. The summed E-state index contributed by atoms with van der Waals surface area (Å²) in [6, 6.07) is 8.75. The number of nitrogens with zero attached hydrogens (tertiary/aromatic N) is 1. The van der Waals surface area contributed by atoms with Gasteiger partial charge >= 0.3 is 11.7 Å². The predicted molar refractivity (Wildman–Crippen MR) is 68.5 cm³/mol. The molecule has 0 saturated heterocycles. The van der Waals surface area contributed by atoms with Crippen LogP contribution in [0.5, 0.6) is 0 Å². The average molecular weight is 260 g/mol. The Morgan fingerprint density at radius 1 is 1.26 bits per heavy atom. The summed E-state index contributed by atoms with van der Waals surface area (Å²) < 4.78 is 1.19. The highest BCUT2D eigenvalue weighted by Crippen LogP contribution is 2.14. The monoisotopic (exact) mass is 260 g/mol. The fraction of sp³-hybridized carbons (Fsp3) is 0.154. The first-order valence-electron chi connectivity index (χ1n) is 5.64. The van der Waals surface area contributed by atoms with Crippen molar-refractivity contribution in [2.75, 3.05) is 0 Å². The van der Waals surface area contributed by atoms with Gasteiger partial charge in [-0.1, -0.05) is 30.3 Å². The zero-order valence-corrected chi connectivity index (χ0v) is 10.2. The highest BCUT2D eigenvalue weighted by molar-refractivity contribution is 5.86. The molecule has 1 heterocycles. The van der Waals surface area contributed by atoms with Crippen molar-refractivity contribution in [3.8, 4) is 0 Å². The van der Waals surface area contributed by atoms with Crippen LogP contribution in [-0.2, 0) is 0 Å². The van der Waals surface area contributed by atoms with E-state index in [-0.39, 0.29) is 6.04 Å². The van der Waals surface area contributed by atoms with Gasteiger partial charge in [-0.05, 0) is 12.5 Å². The van der Waals surface area contributed by atoms with Crippen LogP contribution >= 0.6 is 0 Å². The van der Waals surface area contributed by atoms with Crippen molar-refractivity contribution >= 4 is 5.97 Å². The van der Waals surface area contributed by atoms with E-state index in [1.165, 1.54) is 4.57 Å². The van der Waals surface area contributed by atoms with Crippen molar-refractivity contribution in [3.05, 3.63) is 68.5 Å². The summed E-state index contributed by atoms with van der Waals surface area (Å²) in [5.74, 6) is -1.37. The van der Waals surface area contributed by atoms with Gasteiger partial charge in [-0.3, -0.25) is 14.3 Å². The highest BCUT2D eigenvalue weighted by atomic mass is 16.4. The molecule has 6 nitrogen and oxygen atoms in total. The lowest BCUT2D eigenvalue weighted by atomic mass is 10.1. The number of carboxylic acid groups (broad SMARTS) is 1. The van der Waals surface area contributed by atoms with Gasteiger partial charge in [-0.25, -0.2) is 9.59 Å². The summed E-state index contributed by atoms with van der Waals surface area (Å²) in [5.41, 5.74) is -1.14. The maximum Gasteiger partial charge on any atom is 0.342 e. The molecule has 0 bridgehead atoms. The minimum atomic E-state index is -1.37. The van der Waals surface area contributed by atoms with Crippen LogP contribution in [0.4, 0.5) is 0 Å². The SMILES string of the molecule is CC(c1ccccc1)n1cc(C(=O)O)c(=O)[nH]c1=O. The molecular formula is C13H12N2O4. The number of aromatic nitrogens is 2. The number of aromatic amines is 1. The molecule has 0 aliphatic carbocycles. The molecule has 1 atom stereocenters. The topological polar surface area (TPSA) is 92.2 Å². The Kier molecular flexibility index (Phi) is 3.33. The summed E-state index contributed by atoms with van der Waals surface area (Å²) >= 11 is 0. The van der Waals surface area contributed by atoms with Crippen molar-refractivity contribution in [2.45, 2.75) is 13.0 Å². The number of aromatic carboxylic acids is 1. The minimum absolute atomic E-state index is 0.372. The van der Waals surface area contributed by atoms with Crippen LogP contribution < -0.4 is 11.2 Å². The Hall–Kier alpha value is -2.63. The normalized spacial score (nSPS) is 12.1. The number of benzene rings is 1. The zero-order chi connectivity index (χ0) is 14.0. The van der Waals surface area contributed by atoms with Gasteiger partial charge in [0.1, 0.15) is 5.56 Å². The fourth-order valence-corrected chi connectivity index (χ4v) is 1.82. The Labute approximate surface area is 108 Å². The number of H-pyrrole nitrogens is 1. The average Bonchev–Trinajstić information content (AvgIpc) is 2.38. The second-order valence-corrected chi connectivity index (χ2v) is 4.10. The second kappa shape index (κ2) is 4.93. The van der Waals surface area contributed by atoms with Crippen LogP contribution in [0.25, 0.3) is 0 Å². The molecule has 1 unspecified atom stereocenters. The Bertz CT molecular complexity index is 715. The summed E-state index contributed by atoms with van der Waals surface area (Å²) in [6.07, 6.45) is 1.07. The van der Waals surface area contributed by atoms with Gasteiger partial charge in [-0.2, -0.15) is 0 Å². The van der Waals surface area contributed by atoms with Crippen LogP contribution in [0, 0.1) is 0 Å². The first-order chi connectivity index (χ1) is 9.00. The van der Waals surface area contributed by atoms with E-state index < -0.39 is 22.8 Å². The smallest absolute Gasteiger partial charge is 0.342 e. The molecule has 0 aliphatic heterocycles. The lowest BCUT2D eigenvalue weighted by molar-refractivity contribution is 0.0693. The van der Waals surface area contributed by atoms with Gasteiger partial charge < -0.3 is 5.11 Å². The summed E-state index contributed by atoms with van der Waals surface area (Å²) in [5, 5.41) is 8.90. The van der Waals surface area contributed by atoms with Crippen molar-refractivity contribution in [1.82, 2.24) is 9.55 Å². The van der Waals surface area contributed by atoms with E-state index in [0.717, 1.165) is 11.8 Å². The highest BCUT2D eigenvalue weighted by Gasteiger charge is 2.15. The molecule has 0 fully saturated rings. The molecule has 6 heteroatoms.